The van der Waals surface area contributed by atoms with E-state index in [0.717, 1.165) is 0 Å². The van der Waals surface area contributed by atoms with E-state index in [2.05, 4.69) is 10.5 Å². The number of primary amides is 1. The lowest BCUT2D eigenvalue weighted by atomic mass is 10.4. The van der Waals surface area contributed by atoms with Crippen LogP contribution in [0.4, 0.5) is 13.6 Å². The zero-order valence-corrected chi connectivity index (χ0v) is 4.96. The molecule has 0 bridgehead atoms. The van der Waals surface area contributed by atoms with E-state index in [1.807, 2.05) is 0 Å². The van der Waals surface area contributed by atoms with Crippen molar-refractivity contribution >= 4 is 6.09 Å². The molecule has 10 heavy (non-hydrogen) atoms. The summed E-state index contributed by atoms with van der Waals surface area (Å²) in [6, 6.07) is 0. The van der Waals surface area contributed by atoms with Crippen molar-refractivity contribution in [2.75, 3.05) is 6.61 Å². The summed E-state index contributed by atoms with van der Waals surface area (Å²) in [7, 11) is 0. The standard InChI is InChI=1S/C4H7F2NO3/c5-3(6)2(1-8)10-4(7)9/h2-3,8H,1H2,(H2,7,9)/t2-/m0/s1. The van der Waals surface area contributed by atoms with Gasteiger partial charge in [-0.15, -0.1) is 0 Å². The number of ether oxygens (including phenoxy) is 1. The van der Waals surface area contributed by atoms with Gasteiger partial charge >= 0.3 is 6.09 Å². The molecule has 0 rings (SSSR count). The van der Waals surface area contributed by atoms with Crippen LogP contribution in [0.5, 0.6) is 0 Å². The van der Waals surface area contributed by atoms with Crippen LogP contribution in [0.3, 0.4) is 0 Å². The predicted octanol–water partition coefficient (Wildman–Crippen LogP) is -0.292. The van der Waals surface area contributed by atoms with Gasteiger partial charge in [-0.05, 0) is 0 Å². The molecule has 0 heterocycles. The average molecular weight is 155 g/mol. The number of rotatable bonds is 3. The molecule has 0 aromatic rings. The molecular weight excluding hydrogens is 148 g/mol. The van der Waals surface area contributed by atoms with Crippen molar-refractivity contribution in [2.24, 2.45) is 5.73 Å². The van der Waals surface area contributed by atoms with Gasteiger partial charge in [0.25, 0.3) is 6.43 Å². The number of hydrogen-bond donors (Lipinski definition) is 2. The van der Waals surface area contributed by atoms with Gasteiger partial charge < -0.3 is 15.6 Å². The molecular formula is C4H7F2NO3. The number of aliphatic hydroxyl groups is 1. The Morgan fingerprint density at radius 2 is 2.20 bits per heavy atom. The van der Waals surface area contributed by atoms with Gasteiger partial charge in [0.15, 0.2) is 6.10 Å². The first-order chi connectivity index (χ1) is 4.57. The summed E-state index contributed by atoms with van der Waals surface area (Å²) in [5, 5.41) is 8.13. The van der Waals surface area contributed by atoms with E-state index in [4.69, 9.17) is 5.11 Å². The maximum Gasteiger partial charge on any atom is 0.405 e. The van der Waals surface area contributed by atoms with Gasteiger partial charge in [0.2, 0.25) is 0 Å². The predicted molar refractivity (Wildman–Crippen MR) is 27.5 cm³/mol. The lowest BCUT2D eigenvalue weighted by Crippen LogP contribution is -2.31. The minimum atomic E-state index is -2.91. The number of hydrogen-bond acceptors (Lipinski definition) is 3. The Labute approximate surface area is 55.6 Å². The number of aliphatic hydroxyl groups excluding tert-OH is 1. The second kappa shape index (κ2) is 3.99. The monoisotopic (exact) mass is 155 g/mol. The molecule has 0 saturated heterocycles. The van der Waals surface area contributed by atoms with E-state index in [-0.39, 0.29) is 0 Å². The molecule has 0 fully saturated rings. The van der Waals surface area contributed by atoms with Crippen molar-refractivity contribution in [3.63, 3.8) is 0 Å². The van der Waals surface area contributed by atoms with E-state index in [9.17, 15) is 13.6 Å². The fourth-order valence-electron chi connectivity index (χ4n) is 0.318. The topological polar surface area (TPSA) is 72.6 Å². The molecule has 0 unspecified atom stereocenters. The minimum absolute atomic E-state index is 0.930. The van der Waals surface area contributed by atoms with E-state index in [0.29, 0.717) is 0 Å². The Kier molecular flexibility index (Phi) is 3.63. The molecule has 0 aliphatic heterocycles. The third-order valence-electron chi connectivity index (χ3n) is 0.729. The normalized spacial score (nSPS) is 13.2. The van der Waals surface area contributed by atoms with Crippen LogP contribution in [0, 0.1) is 0 Å². The van der Waals surface area contributed by atoms with Crippen molar-refractivity contribution < 1.29 is 23.4 Å². The minimum Gasteiger partial charge on any atom is -0.438 e. The summed E-state index contributed by atoms with van der Waals surface area (Å²) < 4.78 is 26.9. The van der Waals surface area contributed by atoms with Crippen LogP contribution >= 0.6 is 0 Å². The number of nitrogens with two attached hydrogens (primary N) is 1. The van der Waals surface area contributed by atoms with Crippen LogP contribution in [-0.4, -0.2) is 30.3 Å². The first kappa shape index (κ1) is 9.09. The zero-order valence-electron chi connectivity index (χ0n) is 4.96. The molecule has 60 valence electrons. The highest BCUT2D eigenvalue weighted by Crippen LogP contribution is 2.03. The van der Waals surface area contributed by atoms with Crippen molar-refractivity contribution in [3.8, 4) is 0 Å². The summed E-state index contributed by atoms with van der Waals surface area (Å²) in [5.74, 6) is 0. The van der Waals surface area contributed by atoms with E-state index in [1.165, 1.54) is 0 Å². The first-order valence-corrected chi connectivity index (χ1v) is 2.43. The van der Waals surface area contributed by atoms with Crippen LogP contribution in [0.25, 0.3) is 0 Å². The van der Waals surface area contributed by atoms with Gasteiger partial charge in [0, 0.05) is 0 Å². The SMILES string of the molecule is NC(=O)O[C@@H](CO)C(F)F. The van der Waals surface area contributed by atoms with Gasteiger partial charge in [-0.25, -0.2) is 13.6 Å². The van der Waals surface area contributed by atoms with Crippen LogP contribution in [0.1, 0.15) is 0 Å². The van der Waals surface area contributed by atoms with Crippen molar-refractivity contribution in [1.29, 1.82) is 0 Å². The first-order valence-electron chi connectivity index (χ1n) is 2.43. The number of carbonyl (C=O) groups excluding carboxylic acids is 1. The molecule has 1 amide bonds. The third kappa shape index (κ3) is 3.18. The Morgan fingerprint density at radius 3 is 2.30 bits per heavy atom. The van der Waals surface area contributed by atoms with Crippen LogP contribution in [0.15, 0.2) is 0 Å². The Balaban J connectivity index is 3.71. The molecule has 6 heteroatoms. The summed E-state index contributed by atoms with van der Waals surface area (Å²) in [4.78, 5) is 9.83. The van der Waals surface area contributed by atoms with E-state index >= 15 is 0 Å². The second-order valence-electron chi connectivity index (χ2n) is 1.49. The quantitative estimate of drug-likeness (QED) is 0.588. The van der Waals surface area contributed by atoms with Gasteiger partial charge in [0.1, 0.15) is 0 Å². The largest absolute Gasteiger partial charge is 0.438 e. The number of carbonyl (C=O) groups is 1. The molecule has 0 radical (unpaired) electrons. The molecule has 0 saturated carbocycles. The van der Waals surface area contributed by atoms with Crippen molar-refractivity contribution in [2.45, 2.75) is 12.5 Å². The highest BCUT2D eigenvalue weighted by atomic mass is 19.3. The lowest BCUT2D eigenvalue weighted by Gasteiger charge is -2.11. The summed E-state index contributed by atoms with van der Waals surface area (Å²) in [5.41, 5.74) is 4.40. The fraction of sp³-hybridized carbons (Fsp3) is 0.750. The highest BCUT2D eigenvalue weighted by Gasteiger charge is 2.22. The Bertz CT molecular complexity index is 119. The van der Waals surface area contributed by atoms with Gasteiger partial charge in [-0.2, -0.15) is 0 Å². The van der Waals surface area contributed by atoms with Gasteiger partial charge in [-0.1, -0.05) is 0 Å². The maximum absolute atomic E-state index is 11.6. The smallest absolute Gasteiger partial charge is 0.405 e. The van der Waals surface area contributed by atoms with Gasteiger partial charge in [0.05, 0.1) is 6.61 Å². The molecule has 1 atom stereocenters. The third-order valence-corrected chi connectivity index (χ3v) is 0.729. The van der Waals surface area contributed by atoms with E-state index in [1.54, 1.807) is 0 Å². The summed E-state index contributed by atoms with van der Waals surface area (Å²) in [6.45, 7) is -0.930. The number of alkyl halides is 2. The fourth-order valence-corrected chi connectivity index (χ4v) is 0.318. The van der Waals surface area contributed by atoms with Crippen molar-refractivity contribution in [1.82, 2.24) is 0 Å². The summed E-state index contributed by atoms with van der Waals surface area (Å²) in [6.07, 6.45) is -6.03. The molecule has 3 N–H and O–H groups in total. The molecule has 0 aliphatic carbocycles. The molecule has 0 aromatic carbocycles. The van der Waals surface area contributed by atoms with Crippen LogP contribution in [0.2, 0.25) is 0 Å². The number of amides is 1. The molecule has 0 aromatic heterocycles. The summed E-state index contributed by atoms with van der Waals surface area (Å²) >= 11 is 0. The maximum atomic E-state index is 11.6. The Hall–Kier alpha value is -0.910. The van der Waals surface area contributed by atoms with Crippen LogP contribution < -0.4 is 5.73 Å². The average Bonchev–Trinajstić information content (AvgIpc) is 1.81. The van der Waals surface area contributed by atoms with E-state index < -0.39 is 25.2 Å². The molecule has 0 aliphatic rings. The molecule has 0 spiro atoms. The molecule has 4 nitrogen and oxygen atoms in total. The highest BCUT2D eigenvalue weighted by molar-refractivity contribution is 5.64. The van der Waals surface area contributed by atoms with Crippen LogP contribution in [-0.2, 0) is 4.74 Å². The lowest BCUT2D eigenvalue weighted by molar-refractivity contribution is -0.0409. The number of halogens is 2. The van der Waals surface area contributed by atoms with Gasteiger partial charge in [-0.3, -0.25) is 0 Å². The zero-order chi connectivity index (χ0) is 8.15. The Morgan fingerprint density at radius 1 is 1.70 bits per heavy atom. The second-order valence-corrected chi connectivity index (χ2v) is 1.49. The van der Waals surface area contributed by atoms with Crippen molar-refractivity contribution in [3.05, 3.63) is 0 Å².